The number of esters is 1. The van der Waals surface area contributed by atoms with Gasteiger partial charge in [0.1, 0.15) is 0 Å². The molecule has 0 aliphatic carbocycles. The molecule has 6 heteroatoms. The van der Waals surface area contributed by atoms with Crippen molar-refractivity contribution < 1.29 is 13.9 Å². The van der Waals surface area contributed by atoms with Gasteiger partial charge in [0.2, 0.25) is 6.17 Å². The summed E-state index contributed by atoms with van der Waals surface area (Å²) in [4.78, 5) is 13.2. The predicted molar refractivity (Wildman–Crippen MR) is 74.2 cm³/mol. The number of hydrogen-bond acceptors (Lipinski definition) is 4. The van der Waals surface area contributed by atoms with Crippen LogP contribution < -0.4 is 10.6 Å². The van der Waals surface area contributed by atoms with Gasteiger partial charge < -0.3 is 15.4 Å². The fraction of sp³-hybridized carbons (Fsp3) is 0.462. The van der Waals surface area contributed by atoms with Gasteiger partial charge in [0.05, 0.1) is 12.6 Å². The van der Waals surface area contributed by atoms with Crippen LogP contribution in [0.2, 0.25) is 5.02 Å². The summed E-state index contributed by atoms with van der Waals surface area (Å²) >= 11 is 6.07. The van der Waals surface area contributed by atoms with E-state index in [0.29, 0.717) is 10.6 Å². The van der Waals surface area contributed by atoms with E-state index in [4.69, 9.17) is 17.3 Å². The Balaban J connectivity index is 2.93. The van der Waals surface area contributed by atoms with Gasteiger partial charge in [0.15, 0.2) is 0 Å². The molecule has 2 N–H and O–H groups in total. The molecular weight excluding hydrogens is 271 g/mol. The molecule has 0 fully saturated rings. The molecule has 1 aromatic carbocycles. The van der Waals surface area contributed by atoms with E-state index in [2.05, 4.69) is 4.74 Å². The monoisotopic (exact) mass is 288 g/mol. The third-order valence-electron chi connectivity index (χ3n) is 2.69. The van der Waals surface area contributed by atoms with Gasteiger partial charge in [-0.2, -0.15) is 0 Å². The van der Waals surface area contributed by atoms with Gasteiger partial charge in [0.25, 0.3) is 0 Å². The normalized spacial score (nSPS) is 13.8. The molecule has 0 spiro atoms. The summed E-state index contributed by atoms with van der Waals surface area (Å²) < 4.78 is 18.4. The number of nitrogens with two attached hydrogens (primary N) is 1. The Morgan fingerprint density at radius 2 is 2.16 bits per heavy atom. The molecule has 4 nitrogen and oxygen atoms in total. The highest BCUT2D eigenvalue weighted by Crippen LogP contribution is 2.29. The largest absolute Gasteiger partial charge is 0.464 e. The molecule has 0 saturated heterocycles. The summed E-state index contributed by atoms with van der Waals surface area (Å²) in [7, 11) is 3.73. The molecular formula is C13H18ClFN2O2. The van der Waals surface area contributed by atoms with Crippen molar-refractivity contribution >= 4 is 23.3 Å². The maximum atomic E-state index is 13.8. The lowest BCUT2D eigenvalue weighted by molar-refractivity contribution is -0.149. The van der Waals surface area contributed by atoms with Gasteiger partial charge in [-0.05, 0) is 24.6 Å². The highest BCUT2D eigenvalue weighted by Gasteiger charge is 2.29. The molecule has 1 aromatic rings. The molecule has 0 amide bonds. The lowest BCUT2D eigenvalue weighted by atomic mass is 10.0. The van der Waals surface area contributed by atoms with Gasteiger partial charge in [-0.3, -0.25) is 0 Å². The minimum Gasteiger partial charge on any atom is -0.464 e. The number of alkyl halides is 1. The molecule has 106 valence electrons. The van der Waals surface area contributed by atoms with Crippen LogP contribution in [0, 0.1) is 0 Å². The summed E-state index contributed by atoms with van der Waals surface area (Å²) in [5.41, 5.74) is 6.97. The first-order chi connectivity index (χ1) is 8.88. The first-order valence-corrected chi connectivity index (χ1v) is 6.29. The van der Waals surface area contributed by atoms with Crippen molar-refractivity contribution in [1.29, 1.82) is 0 Å². The number of nitrogens with zero attached hydrogens (tertiary/aromatic N) is 1. The fourth-order valence-electron chi connectivity index (χ4n) is 1.59. The Labute approximate surface area is 117 Å². The summed E-state index contributed by atoms with van der Waals surface area (Å²) in [6.45, 7) is 1.72. The number of hydrogen-bond donors (Lipinski definition) is 1. The number of carbonyl (C=O) groups excluding carboxylic acids is 1. The van der Waals surface area contributed by atoms with Gasteiger partial charge in [-0.1, -0.05) is 17.7 Å². The summed E-state index contributed by atoms with van der Waals surface area (Å²) in [6, 6.07) is 3.92. The van der Waals surface area contributed by atoms with Crippen molar-refractivity contribution in [2.75, 3.05) is 25.6 Å². The van der Waals surface area contributed by atoms with E-state index in [1.54, 1.807) is 25.1 Å². The predicted octanol–water partition coefficient (Wildman–Crippen LogP) is 2.31. The quantitative estimate of drug-likeness (QED) is 0.845. The summed E-state index contributed by atoms with van der Waals surface area (Å²) in [6.07, 6.45) is -1.93. The summed E-state index contributed by atoms with van der Waals surface area (Å²) in [5.74, 6) is -0.970. The molecule has 0 saturated carbocycles. The molecule has 1 unspecified atom stereocenters. The van der Waals surface area contributed by atoms with Gasteiger partial charge >= 0.3 is 5.97 Å². The number of rotatable bonds is 5. The zero-order valence-electron chi connectivity index (χ0n) is 11.2. The fourth-order valence-corrected chi connectivity index (χ4v) is 1.89. The van der Waals surface area contributed by atoms with Gasteiger partial charge in [-0.25, -0.2) is 9.18 Å². The smallest absolute Gasteiger partial charge is 0.342 e. The average molecular weight is 289 g/mol. The maximum Gasteiger partial charge on any atom is 0.342 e. The van der Waals surface area contributed by atoms with E-state index in [9.17, 15) is 9.18 Å². The number of anilines is 1. The van der Waals surface area contributed by atoms with Crippen LogP contribution in [0.3, 0.4) is 0 Å². The second-order valence-electron chi connectivity index (χ2n) is 4.28. The lowest BCUT2D eigenvalue weighted by Crippen LogP contribution is -2.31. The van der Waals surface area contributed by atoms with Crippen LogP contribution in [0.25, 0.3) is 0 Å². The van der Waals surface area contributed by atoms with E-state index < -0.39 is 18.2 Å². The number of ether oxygens (including phenoxy) is 1. The molecule has 0 aliphatic heterocycles. The Hall–Kier alpha value is -1.33. The molecule has 0 aromatic heterocycles. The van der Waals surface area contributed by atoms with Crippen LogP contribution in [0.5, 0.6) is 0 Å². The molecule has 0 aliphatic rings. The third kappa shape index (κ3) is 3.81. The average Bonchev–Trinajstić information content (AvgIpc) is 2.37. The van der Waals surface area contributed by atoms with E-state index in [0.717, 1.165) is 5.69 Å². The van der Waals surface area contributed by atoms with Crippen molar-refractivity contribution in [3.63, 3.8) is 0 Å². The zero-order valence-corrected chi connectivity index (χ0v) is 11.9. The highest BCUT2D eigenvalue weighted by atomic mass is 35.5. The molecule has 0 radical (unpaired) electrons. The Kier molecular flexibility index (Phi) is 5.57. The van der Waals surface area contributed by atoms with Crippen LogP contribution in [0.1, 0.15) is 18.5 Å². The van der Waals surface area contributed by atoms with Crippen LogP contribution in [-0.2, 0) is 9.53 Å². The standard InChI is InChI=1S/C13H18ClFN2O2/c1-4-19-13(18)11(15)12(16)9-6-5-8(17(2)3)7-10(9)14/h5-7,11-12H,4,16H2,1-3H3/t11?,12-/m0/s1. The maximum absolute atomic E-state index is 13.8. The second-order valence-corrected chi connectivity index (χ2v) is 4.69. The molecule has 0 heterocycles. The highest BCUT2D eigenvalue weighted by molar-refractivity contribution is 6.31. The van der Waals surface area contributed by atoms with Gasteiger partial charge in [-0.15, -0.1) is 0 Å². The molecule has 19 heavy (non-hydrogen) atoms. The first-order valence-electron chi connectivity index (χ1n) is 5.91. The Bertz CT molecular complexity index is 454. The molecule has 0 bridgehead atoms. The Morgan fingerprint density at radius 3 is 2.63 bits per heavy atom. The first kappa shape index (κ1) is 15.7. The van der Waals surface area contributed by atoms with Crippen LogP contribution in [0.15, 0.2) is 18.2 Å². The van der Waals surface area contributed by atoms with Crippen LogP contribution in [-0.4, -0.2) is 32.8 Å². The van der Waals surface area contributed by atoms with Gasteiger partial charge in [0, 0.05) is 24.8 Å². The van der Waals surface area contributed by atoms with Crippen LogP contribution in [0.4, 0.5) is 10.1 Å². The topological polar surface area (TPSA) is 55.6 Å². The summed E-state index contributed by atoms with van der Waals surface area (Å²) in [5, 5.41) is 0.325. The van der Waals surface area contributed by atoms with E-state index in [1.165, 1.54) is 0 Å². The van der Waals surface area contributed by atoms with E-state index in [1.807, 2.05) is 19.0 Å². The van der Waals surface area contributed by atoms with Crippen molar-refractivity contribution in [3.05, 3.63) is 28.8 Å². The van der Waals surface area contributed by atoms with Crippen LogP contribution >= 0.6 is 11.6 Å². The minimum atomic E-state index is -1.93. The van der Waals surface area contributed by atoms with Crippen molar-refractivity contribution in [2.45, 2.75) is 19.1 Å². The minimum absolute atomic E-state index is 0.110. The van der Waals surface area contributed by atoms with Crippen molar-refractivity contribution in [1.82, 2.24) is 0 Å². The van der Waals surface area contributed by atoms with Crippen molar-refractivity contribution in [2.24, 2.45) is 5.73 Å². The zero-order chi connectivity index (χ0) is 14.6. The molecule has 1 rings (SSSR count). The number of carbonyl (C=O) groups is 1. The second kappa shape index (κ2) is 6.73. The van der Waals surface area contributed by atoms with Crippen molar-refractivity contribution in [3.8, 4) is 0 Å². The SMILES string of the molecule is CCOC(=O)C(F)[C@@H](N)c1ccc(N(C)C)cc1Cl. The lowest BCUT2D eigenvalue weighted by Gasteiger charge is -2.19. The number of halogens is 2. The Morgan fingerprint density at radius 1 is 1.53 bits per heavy atom. The molecule has 2 atom stereocenters. The van der Waals surface area contributed by atoms with E-state index in [-0.39, 0.29) is 6.61 Å². The third-order valence-corrected chi connectivity index (χ3v) is 3.01. The number of benzene rings is 1. The van der Waals surface area contributed by atoms with E-state index >= 15 is 0 Å².